The van der Waals surface area contributed by atoms with E-state index in [9.17, 15) is 9.59 Å². The first kappa shape index (κ1) is 13.2. The van der Waals surface area contributed by atoms with Crippen molar-refractivity contribution in [3.05, 3.63) is 35.4 Å². The number of aliphatic carboxylic acids is 1. The van der Waals surface area contributed by atoms with Crippen molar-refractivity contribution < 1.29 is 14.7 Å². The molecule has 4 heteroatoms. The molecule has 1 rings (SSSR count). The summed E-state index contributed by atoms with van der Waals surface area (Å²) in [5.41, 5.74) is 2.02. The fourth-order valence-electron chi connectivity index (χ4n) is 1.63. The number of hydrogen-bond donors (Lipinski definition) is 1. The Morgan fingerprint density at radius 2 is 1.94 bits per heavy atom. The van der Waals surface area contributed by atoms with Crippen LogP contribution in [0, 0.1) is 6.92 Å². The molecule has 0 radical (unpaired) electrons. The third-order valence-corrected chi connectivity index (χ3v) is 2.83. The summed E-state index contributed by atoms with van der Waals surface area (Å²) in [6.45, 7) is 5.17. The van der Waals surface area contributed by atoms with Crippen molar-refractivity contribution in [2.75, 3.05) is 0 Å². The van der Waals surface area contributed by atoms with Gasteiger partial charge in [-0.15, -0.1) is 0 Å². The van der Waals surface area contributed by atoms with Gasteiger partial charge in [-0.1, -0.05) is 24.3 Å². The number of carbonyl (C=O) groups excluding carboxylic acids is 1. The summed E-state index contributed by atoms with van der Waals surface area (Å²) in [6, 6.07) is 6.83. The van der Waals surface area contributed by atoms with Gasteiger partial charge in [0.05, 0.1) is 0 Å². The molecule has 0 aliphatic carbocycles. The van der Waals surface area contributed by atoms with Crippen LogP contribution in [0.5, 0.6) is 0 Å². The lowest BCUT2D eigenvalue weighted by molar-refractivity contribution is -0.149. The van der Waals surface area contributed by atoms with E-state index in [-0.39, 0.29) is 5.91 Å². The number of rotatable bonds is 4. The largest absolute Gasteiger partial charge is 0.480 e. The summed E-state index contributed by atoms with van der Waals surface area (Å²) in [6.07, 6.45) is 0. The Balaban J connectivity index is 2.92. The Morgan fingerprint density at radius 1 is 1.35 bits per heavy atom. The molecule has 0 spiro atoms. The number of hydrogen-bond acceptors (Lipinski definition) is 2. The second-order valence-electron chi connectivity index (χ2n) is 4.09. The molecule has 0 aliphatic heterocycles. The Morgan fingerprint density at radius 3 is 2.41 bits per heavy atom. The predicted octanol–water partition coefficient (Wildman–Crippen LogP) is 1.82. The summed E-state index contributed by atoms with van der Waals surface area (Å²) in [5.74, 6) is -1.23. The monoisotopic (exact) mass is 235 g/mol. The van der Waals surface area contributed by atoms with E-state index in [0.717, 1.165) is 11.1 Å². The van der Waals surface area contributed by atoms with Gasteiger partial charge < -0.3 is 10.0 Å². The Hall–Kier alpha value is -1.84. The molecule has 1 atom stereocenters. The van der Waals surface area contributed by atoms with Crippen LogP contribution in [0.4, 0.5) is 0 Å². The maximum absolute atomic E-state index is 11.5. The van der Waals surface area contributed by atoms with Crippen LogP contribution < -0.4 is 0 Å². The van der Waals surface area contributed by atoms with Gasteiger partial charge >= 0.3 is 5.97 Å². The molecule has 1 aromatic rings. The van der Waals surface area contributed by atoms with E-state index < -0.39 is 12.0 Å². The number of benzene rings is 1. The van der Waals surface area contributed by atoms with Crippen LogP contribution in [0.3, 0.4) is 0 Å². The molecule has 1 unspecified atom stereocenters. The average Bonchev–Trinajstić information content (AvgIpc) is 2.26. The second kappa shape index (κ2) is 5.48. The molecule has 0 heterocycles. The molecule has 0 fully saturated rings. The van der Waals surface area contributed by atoms with Crippen molar-refractivity contribution in [2.24, 2.45) is 0 Å². The quantitative estimate of drug-likeness (QED) is 0.866. The average molecular weight is 235 g/mol. The highest BCUT2D eigenvalue weighted by atomic mass is 16.4. The Bertz CT molecular complexity index is 428. The van der Waals surface area contributed by atoms with Crippen LogP contribution in [0.1, 0.15) is 25.0 Å². The maximum atomic E-state index is 11.5. The van der Waals surface area contributed by atoms with Crippen molar-refractivity contribution in [1.82, 2.24) is 4.90 Å². The van der Waals surface area contributed by atoms with Crippen molar-refractivity contribution in [3.8, 4) is 0 Å². The minimum Gasteiger partial charge on any atom is -0.480 e. The van der Waals surface area contributed by atoms with Crippen LogP contribution in [-0.4, -0.2) is 27.9 Å². The highest BCUT2D eigenvalue weighted by Gasteiger charge is 2.23. The van der Waals surface area contributed by atoms with Crippen molar-refractivity contribution >= 4 is 11.9 Å². The number of aryl methyl sites for hydroxylation is 1. The molecule has 0 aliphatic rings. The molecule has 1 amide bonds. The van der Waals surface area contributed by atoms with Gasteiger partial charge in [-0.2, -0.15) is 0 Å². The van der Waals surface area contributed by atoms with E-state index in [1.165, 1.54) is 18.7 Å². The summed E-state index contributed by atoms with van der Waals surface area (Å²) in [5, 5.41) is 8.95. The summed E-state index contributed by atoms with van der Waals surface area (Å²) in [4.78, 5) is 23.7. The minimum atomic E-state index is -0.992. The fourth-order valence-corrected chi connectivity index (χ4v) is 1.63. The van der Waals surface area contributed by atoms with Gasteiger partial charge in [0.25, 0.3) is 0 Å². The molecule has 0 bridgehead atoms. The van der Waals surface area contributed by atoms with Crippen LogP contribution in [0.25, 0.3) is 0 Å². The topological polar surface area (TPSA) is 57.6 Å². The van der Waals surface area contributed by atoms with Crippen LogP contribution in [0.2, 0.25) is 0 Å². The third-order valence-electron chi connectivity index (χ3n) is 2.83. The van der Waals surface area contributed by atoms with Crippen molar-refractivity contribution in [3.63, 3.8) is 0 Å². The van der Waals surface area contributed by atoms with Gasteiger partial charge in [-0.3, -0.25) is 4.79 Å². The van der Waals surface area contributed by atoms with Gasteiger partial charge in [-0.25, -0.2) is 4.79 Å². The molecule has 17 heavy (non-hydrogen) atoms. The summed E-state index contributed by atoms with van der Waals surface area (Å²) < 4.78 is 0. The molecular weight excluding hydrogens is 218 g/mol. The van der Waals surface area contributed by atoms with E-state index in [0.29, 0.717) is 6.54 Å². The molecule has 1 aromatic carbocycles. The maximum Gasteiger partial charge on any atom is 0.326 e. The van der Waals surface area contributed by atoms with Crippen molar-refractivity contribution in [2.45, 2.75) is 33.4 Å². The van der Waals surface area contributed by atoms with Crippen LogP contribution >= 0.6 is 0 Å². The zero-order valence-electron chi connectivity index (χ0n) is 10.3. The number of amides is 1. The minimum absolute atomic E-state index is 0.233. The van der Waals surface area contributed by atoms with E-state index in [1.54, 1.807) is 0 Å². The highest BCUT2D eigenvalue weighted by Crippen LogP contribution is 2.13. The van der Waals surface area contributed by atoms with E-state index in [4.69, 9.17) is 5.11 Å². The van der Waals surface area contributed by atoms with Gasteiger partial charge in [0.15, 0.2) is 0 Å². The lowest BCUT2D eigenvalue weighted by atomic mass is 10.1. The van der Waals surface area contributed by atoms with Crippen molar-refractivity contribution in [1.29, 1.82) is 0 Å². The lowest BCUT2D eigenvalue weighted by Crippen LogP contribution is -2.41. The van der Waals surface area contributed by atoms with E-state index in [2.05, 4.69) is 0 Å². The zero-order chi connectivity index (χ0) is 13.0. The molecular formula is C13H17NO3. The van der Waals surface area contributed by atoms with Crippen LogP contribution in [-0.2, 0) is 16.1 Å². The summed E-state index contributed by atoms with van der Waals surface area (Å²) in [7, 11) is 0. The molecule has 1 N–H and O–H groups in total. The highest BCUT2D eigenvalue weighted by molar-refractivity contribution is 5.81. The number of carboxylic acids is 1. The van der Waals surface area contributed by atoms with Gasteiger partial charge in [0, 0.05) is 13.5 Å². The number of carboxylic acid groups (broad SMARTS) is 1. The first-order valence-electron chi connectivity index (χ1n) is 5.48. The molecule has 4 nitrogen and oxygen atoms in total. The smallest absolute Gasteiger partial charge is 0.326 e. The summed E-state index contributed by atoms with van der Waals surface area (Å²) >= 11 is 0. The molecule has 0 saturated heterocycles. The SMILES string of the molecule is CC(=O)N(Cc1ccccc1C)C(C)C(=O)O. The number of carbonyl (C=O) groups is 2. The van der Waals surface area contributed by atoms with Crippen LogP contribution in [0.15, 0.2) is 24.3 Å². The first-order chi connectivity index (χ1) is 7.93. The normalized spacial score (nSPS) is 11.9. The predicted molar refractivity (Wildman–Crippen MR) is 64.5 cm³/mol. The lowest BCUT2D eigenvalue weighted by Gasteiger charge is -2.25. The van der Waals surface area contributed by atoms with E-state index >= 15 is 0 Å². The Labute approximate surface area is 101 Å². The van der Waals surface area contributed by atoms with Gasteiger partial charge in [0.2, 0.25) is 5.91 Å². The fraction of sp³-hybridized carbons (Fsp3) is 0.385. The van der Waals surface area contributed by atoms with E-state index in [1.807, 2.05) is 31.2 Å². The first-order valence-corrected chi connectivity index (χ1v) is 5.48. The molecule has 0 saturated carbocycles. The number of nitrogens with zero attached hydrogens (tertiary/aromatic N) is 1. The second-order valence-corrected chi connectivity index (χ2v) is 4.09. The standard InChI is InChI=1S/C13H17NO3/c1-9-6-4-5-7-12(9)8-14(11(3)15)10(2)13(16)17/h4-7,10H,8H2,1-3H3,(H,16,17). The van der Waals surface area contributed by atoms with Gasteiger partial charge in [-0.05, 0) is 25.0 Å². The molecule has 0 aromatic heterocycles. The Kier molecular flexibility index (Phi) is 4.26. The zero-order valence-corrected chi connectivity index (χ0v) is 10.3. The third kappa shape index (κ3) is 3.31. The van der Waals surface area contributed by atoms with Gasteiger partial charge in [0.1, 0.15) is 6.04 Å². The molecule has 92 valence electrons.